The molecule has 0 heterocycles. The number of aliphatic carboxylic acids is 2. The zero-order valence-corrected chi connectivity index (χ0v) is 22.1. The number of carboxylic acid groups (broad SMARTS) is 2. The molecule has 0 aliphatic carbocycles. The van der Waals surface area contributed by atoms with Gasteiger partial charge in [-0.25, -0.2) is 9.59 Å². The number of carbonyl (C=O) groups excluding carboxylic acids is 3. The van der Waals surface area contributed by atoms with Crippen LogP contribution in [0.1, 0.15) is 38.5 Å². The second kappa shape index (κ2) is 25.2. The summed E-state index contributed by atoms with van der Waals surface area (Å²) in [5.41, 5.74) is 3.67. The first-order valence-corrected chi connectivity index (χ1v) is 12.7. The van der Waals surface area contributed by atoms with Gasteiger partial charge in [0.25, 0.3) is 6.47 Å². The maximum Gasteiger partial charge on any atom is 0.410 e. The van der Waals surface area contributed by atoms with Gasteiger partial charge >= 0.3 is 18.0 Å². The van der Waals surface area contributed by atoms with Crippen LogP contribution in [0, 0.1) is 0 Å². The second-order valence-corrected chi connectivity index (χ2v) is 7.93. The van der Waals surface area contributed by atoms with Crippen molar-refractivity contribution >= 4 is 30.4 Å². The molecule has 0 spiro atoms. The maximum atomic E-state index is 11.9. The van der Waals surface area contributed by atoms with E-state index in [1.54, 1.807) is 0 Å². The molecule has 0 unspecified atom stereocenters. The van der Waals surface area contributed by atoms with Crippen LogP contribution in [0.15, 0.2) is 0 Å². The Hall–Kier alpha value is -3.05. The van der Waals surface area contributed by atoms with Crippen molar-refractivity contribution in [3.63, 3.8) is 0 Å². The van der Waals surface area contributed by atoms with Crippen molar-refractivity contribution in [3.8, 4) is 0 Å². The molecule has 7 N–H and O–H groups in total. The molecule has 226 valence electrons. The Morgan fingerprint density at radius 1 is 0.795 bits per heavy atom. The number of unbranched alkanes of at least 4 members (excludes halogenated alkanes) is 1. The molecule has 0 aromatic carbocycles. The van der Waals surface area contributed by atoms with Crippen LogP contribution in [-0.4, -0.2) is 119 Å². The van der Waals surface area contributed by atoms with E-state index in [2.05, 4.69) is 15.8 Å². The summed E-state index contributed by atoms with van der Waals surface area (Å²) in [6, 6.07) is -1.48. The molecule has 2 amide bonds. The Labute approximate surface area is 226 Å². The van der Waals surface area contributed by atoms with E-state index in [0.717, 1.165) is 6.54 Å². The largest absolute Gasteiger partial charge is 0.481 e. The van der Waals surface area contributed by atoms with Crippen LogP contribution in [0.3, 0.4) is 0 Å². The molecule has 0 radical (unpaired) electrons. The van der Waals surface area contributed by atoms with E-state index < -0.39 is 36.8 Å². The lowest BCUT2D eigenvalue weighted by atomic mass is 10.1. The molecule has 0 saturated heterocycles. The first kappa shape index (κ1) is 35.9. The third kappa shape index (κ3) is 23.8. The topological polar surface area (TPSA) is 233 Å². The van der Waals surface area contributed by atoms with Crippen molar-refractivity contribution < 1.29 is 68.3 Å². The third-order valence-corrected chi connectivity index (χ3v) is 4.75. The fourth-order valence-corrected chi connectivity index (χ4v) is 2.82. The lowest BCUT2D eigenvalue weighted by Gasteiger charge is -2.18. The summed E-state index contributed by atoms with van der Waals surface area (Å²) in [5.74, 6) is -2.86. The number of ether oxygens (including phenoxy) is 6. The number of amides is 2. The SMILES string of the molecule is [NH3+]CCOCCOCCOCCOCCC(=O)NCCCC[C@@H](OC=O)OC(=O)N[C@@H](CCC(=O)O)C(=O)O. The Kier molecular flexibility index (Phi) is 23.3. The van der Waals surface area contributed by atoms with Gasteiger partial charge in [0, 0.05) is 25.8 Å². The minimum absolute atomic E-state index is 0.0843. The molecule has 0 aromatic rings. The zero-order valence-electron chi connectivity index (χ0n) is 22.1. The minimum Gasteiger partial charge on any atom is -0.481 e. The molecular formula is C23H42N3O13+. The lowest BCUT2D eigenvalue weighted by Crippen LogP contribution is -2.52. The molecule has 0 bridgehead atoms. The number of carbonyl (C=O) groups is 5. The normalized spacial score (nSPS) is 12.2. The molecule has 0 rings (SSSR count). The zero-order chi connectivity index (χ0) is 29.1. The summed E-state index contributed by atoms with van der Waals surface area (Å²) in [5, 5.41) is 22.5. The van der Waals surface area contributed by atoms with Crippen LogP contribution < -0.4 is 16.4 Å². The number of quaternary nitrogens is 1. The molecule has 16 nitrogen and oxygen atoms in total. The van der Waals surface area contributed by atoms with E-state index in [0.29, 0.717) is 65.6 Å². The van der Waals surface area contributed by atoms with Crippen molar-refractivity contribution in [3.05, 3.63) is 0 Å². The summed E-state index contributed by atoms with van der Waals surface area (Å²) in [6.45, 7) is 4.63. The fraction of sp³-hybridized carbons (Fsp3) is 0.783. The second-order valence-electron chi connectivity index (χ2n) is 7.93. The van der Waals surface area contributed by atoms with Gasteiger partial charge in [0.05, 0.1) is 59.4 Å². The van der Waals surface area contributed by atoms with Crippen LogP contribution in [0.25, 0.3) is 0 Å². The first-order chi connectivity index (χ1) is 18.8. The molecule has 2 atom stereocenters. The average molecular weight is 569 g/mol. The molecule has 0 fully saturated rings. The first-order valence-electron chi connectivity index (χ1n) is 12.7. The molecular weight excluding hydrogens is 526 g/mol. The predicted octanol–water partition coefficient (Wildman–Crippen LogP) is -1.49. The number of hydrogen-bond donors (Lipinski definition) is 5. The van der Waals surface area contributed by atoms with Crippen molar-refractivity contribution in [2.24, 2.45) is 0 Å². The monoisotopic (exact) mass is 568 g/mol. The maximum absolute atomic E-state index is 11.9. The Balaban J connectivity index is 3.84. The molecule has 0 aromatic heterocycles. The van der Waals surface area contributed by atoms with E-state index in [1.165, 1.54) is 0 Å². The number of alkyl carbamates (subject to hydrolysis) is 1. The highest BCUT2D eigenvalue weighted by Crippen LogP contribution is 2.07. The van der Waals surface area contributed by atoms with Gasteiger partial charge in [-0.3, -0.25) is 14.4 Å². The lowest BCUT2D eigenvalue weighted by molar-refractivity contribution is -0.374. The smallest absolute Gasteiger partial charge is 0.410 e. The standard InChI is InChI=1S/C23H41N3O13/c24-7-10-35-12-14-37-16-15-36-13-11-34-9-6-19(28)25-8-2-1-3-21(38-17-27)39-23(33)26-18(22(31)32)4-5-20(29)30/h17-18,21H,1-16,24H2,(H,25,28)(H,26,33)(H,29,30)(H,31,32)/p+1/t18-,21-/m0/s1. The van der Waals surface area contributed by atoms with Gasteiger partial charge < -0.3 is 55.0 Å². The number of hydrogen-bond acceptors (Lipinski definition) is 11. The van der Waals surface area contributed by atoms with Crippen molar-refractivity contribution in [2.75, 3.05) is 65.9 Å². The van der Waals surface area contributed by atoms with Gasteiger partial charge in [-0.2, -0.15) is 0 Å². The van der Waals surface area contributed by atoms with Gasteiger partial charge in [-0.15, -0.1) is 0 Å². The summed E-state index contributed by atoms with van der Waals surface area (Å²) in [4.78, 5) is 56.2. The van der Waals surface area contributed by atoms with Crippen LogP contribution in [-0.2, 0) is 47.6 Å². The number of nitrogens with one attached hydrogen (secondary N) is 2. The van der Waals surface area contributed by atoms with Crippen LogP contribution in [0.4, 0.5) is 4.79 Å². The Morgan fingerprint density at radius 3 is 1.92 bits per heavy atom. The number of rotatable bonds is 27. The van der Waals surface area contributed by atoms with E-state index in [9.17, 15) is 24.0 Å². The van der Waals surface area contributed by atoms with E-state index in [4.69, 9.17) is 33.9 Å². The predicted molar refractivity (Wildman–Crippen MR) is 131 cm³/mol. The molecule has 0 saturated carbocycles. The summed E-state index contributed by atoms with van der Waals surface area (Å²) >= 11 is 0. The van der Waals surface area contributed by atoms with Gasteiger partial charge in [0.2, 0.25) is 12.2 Å². The summed E-state index contributed by atoms with van der Waals surface area (Å²) in [6.07, 6.45) is -2.08. The Bertz CT molecular complexity index is 696. The average Bonchev–Trinajstić information content (AvgIpc) is 2.88. The highest BCUT2D eigenvalue weighted by molar-refractivity contribution is 5.80. The quantitative estimate of drug-likeness (QED) is 0.0432. The van der Waals surface area contributed by atoms with Crippen LogP contribution in [0.5, 0.6) is 0 Å². The summed E-state index contributed by atoms with van der Waals surface area (Å²) < 4.78 is 30.8. The van der Waals surface area contributed by atoms with Crippen LogP contribution in [0.2, 0.25) is 0 Å². The van der Waals surface area contributed by atoms with E-state index >= 15 is 0 Å². The Morgan fingerprint density at radius 2 is 1.38 bits per heavy atom. The molecule has 0 aliphatic rings. The van der Waals surface area contributed by atoms with Gasteiger partial charge in [-0.1, -0.05) is 0 Å². The third-order valence-electron chi connectivity index (χ3n) is 4.75. The highest BCUT2D eigenvalue weighted by Gasteiger charge is 2.24. The highest BCUT2D eigenvalue weighted by atomic mass is 16.7. The van der Waals surface area contributed by atoms with Crippen molar-refractivity contribution in [2.45, 2.75) is 50.9 Å². The van der Waals surface area contributed by atoms with Gasteiger partial charge in [0.15, 0.2) is 0 Å². The van der Waals surface area contributed by atoms with E-state index in [1.807, 2.05) is 5.32 Å². The van der Waals surface area contributed by atoms with Gasteiger partial charge in [-0.05, 0) is 19.3 Å². The number of carboxylic acids is 2. The molecule has 16 heteroatoms. The van der Waals surface area contributed by atoms with E-state index in [-0.39, 0.29) is 38.2 Å². The van der Waals surface area contributed by atoms with Gasteiger partial charge in [0.1, 0.15) is 6.04 Å². The fourth-order valence-electron chi connectivity index (χ4n) is 2.82. The van der Waals surface area contributed by atoms with Crippen molar-refractivity contribution in [1.29, 1.82) is 0 Å². The molecule has 0 aliphatic heterocycles. The minimum atomic E-state index is -1.48. The summed E-state index contributed by atoms with van der Waals surface area (Å²) in [7, 11) is 0. The molecule has 39 heavy (non-hydrogen) atoms. The van der Waals surface area contributed by atoms with Crippen LogP contribution >= 0.6 is 0 Å². The van der Waals surface area contributed by atoms with Crippen molar-refractivity contribution in [1.82, 2.24) is 10.6 Å².